The molecule has 114 valence electrons. The van der Waals surface area contributed by atoms with Crippen molar-refractivity contribution in [2.75, 3.05) is 18.4 Å². The summed E-state index contributed by atoms with van der Waals surface area (Å²) in [5.74, 6) is 0.990. The first-order chi connectivity index (χ1) is 10.0. The SMILES string of the molecule is Cc1cc(NC(=O)C2CC2)sc1C(=O)N1CCCC(C)C1. The van der Waals surface area contributed by atoms with Gasteiger partial charge in [0, 0.05) is 19.0 Å². The molecule has 1 aromatic rings. The number of hydrogen-bond donors (Lipinski definition) is 1. The molecule has 1 saturated heterocycles. The van der Waals surface area contributed by atoms with Crippen LogP contribution in [0.4, 0.5) is 5.00 Å². The molecule has 1 N–H and O–H groups in total. The van der Waals surface area contributed by atoms with E-state index >= 15 is 0 Å². The average molecular weight is 306 g/mol. The third kappa shape index (κ3) is 3.28. The standard InChI is InChI=1S/C16H22N2O2S/c1-10-4-3-7-18(9-10)16(20)14-11(2)8-13(21-14)17-15(19)12-5-6-12/h8,10,12H,3-7,9H2,1-2H3,(H,17,19). The normalized spacial score (nSPS) is 22.2. The highest BCUT2D eigenvalue weighted by Crippen LogP contribution is 2.33. The second-order valence-electron chi connectivity index (χ2n) is 6.38. The van der Waals surface area contributed by atoms with Gasteiger partial charge >= 0.3 is 0 Å². The van der Waals surface area contributed by atoms with Gasteiger partial charge in [-0.25, -0.2) is 0 Å². The second-order valence-corrected chi connectivity index (χ2v) is 7.44. The maximum atomic E-state index is 12.6. The lowest BCUT2D eigenvalue weighted by molar-refractivity contribution is -0.117. The molecule has 5 heteroatoms. The van der Waals surface area contributed by atoms with Gasteiger partial charge in [0.25, 0.3) is 5.91 Å². The smallest absolute Gasteiger partial charge is 0.264 e. The number of carbonyl (C=O) groups excluding carboxylic acids is 2. The van der Waals surface area contributed by atoms with Gasteiger partial charge in [-0.1, -0.05) is 6.92 Å². The number of nitrogens with one attached hydrogen (secondary N) is 1. The molecule has 1 atom stereocenters. The third-order valence-electron chi connectivity index (χ3n) is 4.25. The zero-order valence-electron chi connectivity index (χ0n) is 12.6. The van der Waals surface area contributed by atoms with Gasteiger partial charge in [-0.3, -0.25) is 9.59 Å². The van der Waals surface area contributed by atoms with Crippen LogP contribution in [0, 0.1) is 18.8 Å². The Morgan fingerprint density at radius 3 is 2.76 bits per heavy atom. The quantitative estimate of drug-likeness (QED) is 0.931. The van der Waals surface area contributed by atoms with Crippen LogP contribution in [0.25, 0.3) is 0 Å². The summed E-state index contributed by atoms with van der Waals surface area (Å²) in [5, 5.41) is 3.74. The number of aryl methyl sites for hydroxylation is 1. The molecule has 0 aromatic carbocycles. The van der Waals surface area contributed by atoms with Gasteiger partial charge in [0.2, 0.25) is 5.91 Å². The molecule has 2 amide bonds. The highest BCUT2D eigenvalue weighted by molar-refractivity contribution is 7.18. The van der Waals surface area contributed by atoms with E-state index in [1.165, 1.54) is 17.8 Å². The summed E-state index contributed by atoms with van der Waals surface area (Å²) in [7, 11) is 0. The van der Waals surface area contributed by atoms with Crippen molar-refractivity contribution < 1.29 is 9.59 Å². The number of hydrogen-bond acceptors (Lipinski definition) is 3. The molecule has 1 saturated carbocycles. The lowest BCUT2D eigenvalue weighted by atomic mass is 10.00. The maximum Gasteiger partial charge on any atom is 0.264 e. The Balaban J connectivity index is 1.70. The molecular weight excluding hydrogens is 284 g/mol. The summed E-state index contributed by atoms with van der Waals surface area (Å²) in [6.45, 7) is 5.84. The first-order valence-electron chi connectivity index (χ1n) is 7.75. The van der Waals surface area contributed by atoms with E-state index in [1.807, 2.05) is 17.9 Å². The summed E-state index contributed by atoms with van der Waals surface area (Å²) >= 11 is 1.41. The van der Waals surface area contributed by atoms with Crippen LogP contribution in [-0.2, 0) is 4.79 Å². The Morgan fingerprint density at radius 1 is 1.33 bits per heavy atom. The van der Waals surface area contributed by atoms with E-state index in [4.69, 9.17) is 0 Å². The van der Waals surface area contributed by atoms with Crippen molar-refractivity contribution in [3.63, 3.8) is 0 Å². The van der Waals surface area contributed by atoms with Crippen molar-refractivity contribution in [3.8, 4) is 0 Å². The van der Waals surface area contributed by atoms with Crippen LogP contribution in [0.1, 0.15) is 47.8 Å². The van der Waals surface area contributed by atoms with E-state index in [-0.39, 0.29) is 17.7 Å². The van der Waals surface area contributed by atoms with Crippen LogP contribution in [-0.4, -0.2) is 29.8 Å². The minimum Gasteiger partial charge on any atom is -0.338 e. The molecule has 1 aliphatic carbocycles. The molecule has 3 rings (SSSR count). The van der Waals surface area contributed by atoms with Crippen molar-refractivity contribution in [1.29, 1.82) is 0 Å². The monoisotopic (exact) mass is 306 g/mol. The van der Waals surface area contributed by atoms with Crippen LogP contribution in [0.3, 0.4) is 0 Å². The first-order valence-corrected chi connectivity index (χ1v) is 8.57. The Hall–Kier alpha value is -1.36. The van der Waals surface area contributed by atoms with Crippen molar-refractivity contribution in [2.24, 2.45) is 11.8 Å². The molecule has 4 nitrogen and oxygen atoms in total. The summed E-state index contributed by atoms with van der Waals surface area (Å²) in [6, 6.07) is 1.92. The van der Waals surface area contributed by atoms with E-state index in [0.29, 0.717) is 5.92 Å². The molecule has 1 aliphatic heterocycles. The molecule has 0 spiro atoms. The summed E-state index contributed by atoms with van der Waals surface area (Å²) in [4.78, 5) is 27.2. The molecule has 1 aromatic heterocycles. The fourth-order valence-corrected chi connectivity index (χ4v) is 3.89. The second kappa shape index (κ2) is 5.79. The van der Waals surface area contributed by atoms with Crippen LogP contribution in [0.5, 0.6) is 0 Å². The van der Waals surface area contributed by atoms with Gasteiger partial charge in [-0.15, -0.1) is 11.3 Å². The number of anilines is 1. The van der Waals surface area contributed by atoms with Crippen LogP contribution < -0.4 is 5.32 Å². The Kier molecular flexibility index (Phi) is 4.02. The fourth-order valence-electron chi connectivity index (χ4n) is 2.84. The number of thiophene rings is 1. The largest absolute Gasteiger partial charge is 0.338 e. The van der Waals surface area contributed by atoms with Gasteiger partial charge in [0.15, 0.2) is 0 Å². The Bertz CT molecular complexity index is 563. The highest BCUT2D eigenvalue weighted by Gasteiger charge is 2.30. The molecule has 2 heterocycles. The number of carbonyl (C=O) groups is 2. The lowest BCUT2D eigenvalue weighted by Crippen LogP contribution is -2.38. The topological polar surface area (TPSA) is 49.4 Å². The average Bonchev–Trinajstić information content (AvgIpc) is 3.23. The molecule has 2 aliphatic rings. The van der Waals surface area contributed by atoms with E-state index in [1.54, 1.807) is 0 Å². The van der Waals surface area contributed by atoms with Crippen molar-refractivity contribution in [2.45, 2.75) is 39.5 Å². The third-order valence-corrected chi connectivity index (χ3v) is 5.39. The first kappa shape index (κ1) is 14.6. The fraction of sp³-hybridized carbons (Fsp3) is 0.625. The number of likely N-dealkylation sites (tertiary alicyclic amines) is 1. The number of rotatable bonds is 3. The molecular formula is C16H22N2O2S. The van der Waals surface area contributed by atoms with Gasteiger partial charge in [-0.05, 0) is 50.2 Å². The molecule has 0 radical (unpaired) electrons. The zero-order valence-corrected chi connectivity index (χ0v) is 13.5. The molecule has 1 unspecified atom stereocenters. The Morgan fingerprint density at radius 2 is 2.10 bits per heavy atom. The Labute approximate surface area is 129 Å². The lowest BCUT2D eigenvalue weighted by Gasteiger charge is -2.30. The van der Waals surface area contributed by atoms with Crippen LogP contribution in [0.15, 0.2) is 6.07 Å². The summed E-state index contributed by atoms with van der Waals surface area (Å²) in [5.41, 5.74) is 0.967. The predicted molar refractivity (Wildman–Crippen MR) is 84.7 cm³/mol. The van der Waals surface area contributed by atoms with Crippen molar-refractivity contribution in [1.82, 2.24) is 4.90 Å². The maximum absolute atomic E-state index is 12.6. The van der Waals surface area contributed by atoms with Gasteiger partial charge in [0.05, 0.1) is 9.88 Å². The number of nitrogens with zero attached hydrogens (tertiary/aromatic N) is 1. The summed E-state index contributed by atoms with van der Waals surface area (Å²) in [6.07, 6.45) is 4.28. The van der Waals surface area contributed by atoms with E-state index in [0.717, 1.165) is 47.8 Å². The van der Waals surface area contributed by atoms with E-state index in [2.05, 4.69) is 12.2 Å². The van der Waals surface area contributed by atoms with Crippen molar-refractivity contribution in [3.05, 3.63) is 16.5 Å². The minimum atomic E-state index is 0.0989. The molecule has 2 fully saturated rings. The summed E-state index contributed by atoms with van der Waals surface area (Å²) < 4.78 is 0. The number of amides is 2. The highest BCUT2D eigenvalue weighted by atomic mass is 32.1. The zero-order chi connectivity index (χ0) is 15.0. The molecule has 0 bridgehead atoms. The van der Waals surface area contributed by atoms with Crippen LogP contribution >= 0.6 is 11.3 Å². The van der Waals surface area contributed by atoms with Crippen LogP contribution in [0.2, 0.25) is 0 Å². The van der Waals surface area contributed by atoms with Gasteiger partial charge < -0.3 is 10.2 Å². The van der Waals surface area contributed by atoms with Crippen molar-refractivity contribution >= 4 is 28.2 Å². The predicted octanol–water partition coefficient (Wildman–Crippen LogP) is 3.28. The molecule has 21 heavy (non-hydrogen) atoms. The van der Waals surface area contributed by atoms with E-state index < -0.39 is 0 Å². The van der Waals surface area contributed by atoms with E-state index in [9.17, 15) is 9.59 Å². The van der Waals surface area contributed by atoms with Gasteiger partial charge in [-0.2, -0.15) is 0 Å². The van der Waals surface area contributed by atoms with Gasteiger partial charge in [0.1, 0.15) is 0 Å². The minimum absolute atomic E-state index is 0.0989. The number of piperidine rings is 1.